The van der Waals surface area contributed by atoms with Crippen LogP contribution in [-0.4, -0.2) is 42.6 Å². The van der Waals surface area contributed by atoms with Crippen LogP contribution in [0.15, 0.2) is 18.2 Å². The van der Waals surface area contributed by atoms with Gasteiger partial charge in [0.2, 0.25) is 0 Å². The minimum absolute atomic E-state index is 0.0130. The molecule has 2 unspecified atom stereocenters. The number of amides is 3. The third kappa shape index (κ3) is 6.14. The summed E-state index contributed by atoms with van der Waals surface area (Å²) >= 11 is 0. The van der Waals surface area contributed by atoms with Crippen LogP contribution < -0.4 is 20.9 Å². The van der Waals surface area contributed by atoms with E-state index in [0.29, 0.717) is 24.8 Å². The maximum atomic E-state index is 13.9. The maximum Gasteiger partial charge on any atom is 0.324 e. The van der Waals surface area contributed by atoms with Crippen molar-refractivity contribution in [3.8, 4) is 5.75 Å². The second-order valence-electron chi connectivity index (χ2n) is 7.96. The molecule has 29 heavy (non-hydrogen) atoms. The lowest BCUT2D eigenvalue weighted by atomic mass is 10.1. The number of hydrogen-bond acceptors (Lipinski definition) is 5. The summed E-state index contributed by atoms with van der Waals surface area (Å²) in [7, 11) is 0. The molecule has 2 atom stereocenters. The van der Waals surface area contributed by atoms with Crippen LogP contribution in [0.2, 0.25) is 0 Å². The van der Waals surface area contributed by atoms with Gasteiger partial charge < -0.3 is 9.64 Å². The van der Waals surface area contributed by atoms with Gasteiger partial charge >= 0.3 is 6.03 Å². The van der Waals surface area contributed by atoms with Gasteiger partial charge in [-0.3, -0.25) is 21.0 Å². The van der Waals surface area contributed by atoms with Crippen LogP contribution in [0.3, 0.4) is 0 Å². The van der Waals surface area contributed by atoms with E-state index in [4.69, 9.17) is 4.74 Å². The van der Waals surface area contributed by atoms with Gasteiger partial charge in [-0.1, -0.05) is 12.5 Å². The van der Waals surface area contributed by atoms with Gasteiger partial charge in [-0.15, -0.1) is 0 Å². The van der Waals surface area contributed by atoms with Gasteiger partial charge in [-0.05, 0) is 63.1 Å². The molecule has 0 radical (unpaired) electrons. The number of hydrazine groups is 1. The van der Waals surface area contributed by atoms with E-state index in [9.17, 15) is 14.0 Å². The van der Waals surface area contributed by atoms with E-state index in [0.717, 1.165) is 31.4 Å². The molecular weight excluding hydrogens is 375 g/mol. The van der Waals surface area contributed by atoms with Crippen LogP contribution in [-0.2, 0) is 4.79 Å². The Morgan fingerprint density at radius 3 is 2.76 bits per heavy atom. The first-order valence-corrected chi connectivity index (χ1v) is 10.5. The standard InChI is InChI=1S/C21H31FN4O3/c1-14(17-8-9-18(22)19(12-17)29-13-16-6-7-16)25-23-10-4-3-5-11-26-15(2)20(27)24-21(26)28/h8-9,12,14-16,23,25H,3-7,10-11,13H2,1-2H3,(H,24,27,28). The number of hydrogen-bond donors (Lipinski definition) is 3. The molecule has 1 saturated carbocycles. The summed E-state index contributed by atoms with van der Waals surface area (Å²) in [6.45, 7) is 5.70. The van der Waals surface area contributed by atoms with Gasteiger partial charge in [0.25, 0.3) is 5.91 Å². The summed E-state index contributed by atoms with van der Waals surface area (Å²) in [5.41, 5.74) is 7.39. The van der Waals surface area contributed by atoms with E-state index in [1.807, 2.05) is 6.92 Å². The van der Waals surface area contributed by atoms with Crippen molar-refractivity contribution in [3.63, 3.8) is 0 Å². The first-order valence-electron chi connectivity index (χ1n) is 10.5. The summed E-state index contributed by atoms with van der Waals surface area (Å²) < 4.78 is 19.5. The molecule has 1 heterocycles. The van der Waals surface area contributed by atoms with E-state index in [1.54, 1.807) is 24.0 Å². The Labute approximate surface area is 171 Å². The van der Waals surface area contributed by atoms with Crippen LogP contribution in [0.5, 0.6) is 5.75 Å². The fourth-order valence-electron chi connectivity index (χ4n) is 3.27. The molecule has 1 aromatic rings. The number of carbonyl (C=O) groups excluding carboxylic acids is 2. The van der Waals surface area contributed by atoms with Gasteiger partial charge in [0.05, 0.1) is 6.61 Å². The molecule has 2 aliphatic rings. The Morgan fingerprint density at radius 2 is 2.07 bits per heavy atom. The molecule has 3 rings (SSSR count). The number of imide groups is 1. The van der Waals surface area contributed by atoms with Crippen LogP contribution in [0.25, 0.3) is 0 Å². The van der Waals surface area contributed by atoms with Crippen molar-refractivity contribution in [2.75, 3.05) is 19.7 Å². The minimum atomic E-state index is -0.378. The Morgan fingerprint density at radius 1 is 1.28 bits per heavy atom. The largest absolute Gasteiger partial charge is 0.490 e. The lowest BCUT2D eigenvalue weighted by Crippen LogP contribution is -2.35. The molecule has 1 aliphatic carbocycles. The molecule has 8 heteroatoms. The van der Waals surface area contributed by atoms with Crippen molar-refractivity contribution in [2.45, 2.75) is 58.0 Å². The number of nitrogens with one attached hydrogen (secondary N) is 3. The molecular formula is C21H31FN4O3. The molecule has 3 N–H and O–H groups in total. The number of nitrogens with zero attached hydrogens (tertiary/aromatic N) is 1. The van der Waals surface area contributed by atoms with Crippen molar-refractivity contribution < 1.29 is 18.7 Å². The summed E-state index contributed by atoms with van der Waals surface area (Å²) in [4.78, 5) is 24.6. The van der Waals surface area contributed by atoms with Crippen molar-refractivity contribution in [1.29, 1.82) is 0 Å². The van der Waals surface area contributed by atoms with Gasteiger partial charge in [-0.2, -0.15) is 0 Å². The van der Waals surface area contributed by atoms with E-state index >= 15 is 0 Å². The highest BCUT2D eigenvalue weighted by Gasteiger charge is 2.33. The van der Waals surface area contributed by atoms with E-state index < -0.39 is 0 Å². The molecule has 3 amide bonds. The topological polar surface area (TPSA) is 82.7 Å². The van der Waals surface area contributed by atoms with Crippen molar-refractivity contribution in [1.82, 2.24) is 21.1 Å². The van der Waals surface area contributed by atoms with Gasteiger partial charge in [0.15, 0.2) is 11.6 Å². The van der Waals surface area contributed by atoms with Crippen molar-refractivity contribution >= 4 is 11.9 Å². The Balaban J connectivity index is 1.30. The highest BCUT2D eigenvalue weighted by atomic mass is 19.1. The zero-order valence-corrected chi connectivity index (χ0v) is 17.2. The SMILES string of the molecule is CC(NNCCCCCN1C(=O)NC(=O)C1C)c1ccc(F)c(OCC2CC2)c1. The van der Waals surface area contributed by atoms with Crippen molar-refractivity contribution in [2.24, 2.45) is 5.92 Å². The van der Waals surface area contributed by atoms with Gasteiger partial charge in [0.1, 0.15) is 6.04 Å². The number of rotatable bonds is 12. The lowest BCUT2D eigenvalue weighted by molar-refractivity contribution is -0.121. The second kappa shape index (κ2) is 10.0. The number of unbranched alkanes of at least 4 members (excludes halogenated alkanes) is 2. The van der Waals surface area contributed by atoms with Crippen molar-refractivity contribution in [3.05, 3.63) is 29.6 Å². The van der Waals surface area contributed by atoms with Crippen LogP contribution >= 0.6 is 0 Å². The van der Waals surface area contributed by atoms with E-state index in [1.165, 1.54) is 18.9 Å². The molecule has 0 spiro atoms. The fraction of sp³-hybridized carbons (Fsp3) is 0.619. The quantitative estimate of drug-likeness (QED) is 0.282. The van der Waals surface area contributed by atoms with E-state index in [-0.39, 0.29) is 29.8 Å². The molecule has 0 bridgehead atoms. The van der Waals surface area contributed by atoms with Gasteiger partial charge in [-0.25, -0.2) is 9.18 Å². The average Bonchev–Trinajstić information content (AvgIpc) is 3.49. The van der Waals surface area contributed by atoms with Crippen LogP contribution in [0.1, 0.15) is 57.6 Å². The zero-order valence-electron chi connectivity index (χ0n) is 17.2. The number of benzene rings is 1. The minimum Gasteiger partial charge on any atom is -0.490 e. The smallest absolute Gasteiger partial charge is 0.324 e. The summed E-state index contributed by atoms with van der Waals surface area (Å²) in [5.74, 6) is 0.356. The first-order chi connectivity index (χ1) is 14.0. The predicted octanol–water partition coefficient (Wildman–Crippen LogP) is 2.88. The number of carbonyl (C=O) groups is 2. The molecule has 0 aromatic heterocycles. The van der Waals surface area contributed by atoms with E-state index in [2.05, 4.69) is 16.2 Å². The highest BCUT2D eigenvalue weighted by Crippen LogP contribution is 2.31. The fourth-order valence-corrected chi connectivity index (χ4v) is 3.27. The van der Waals surface area contributed by atoms with Crippen LogP contribution in [0, 0.1) is 11.7 Å². The number of halogens is 1. The number of ether oxygens (including phenoxy) is 1. The van der Waals surface area contributed by atoms with Gasteiger partial charge in [0, 0.05) is 19.1 Å². The van der Waals surface area contributed by atoms with Crippen LogP contribution in [0.4, 0.5) is 9.18 Å². The zero-order chi connectivity index (χ0) is 20.8. The molecule has 1 aliphatic heterocycles. The summed E-state index contributed by atoms with van der Waals surface area (Å²) in [6, 6.07) is 4.32. The Bertz CT molecular complexity index is 726. The first kappa shape index (κ1) is 21.5. The molecule has 160 valence electrons. The third-order valence-electron chi connectivity index (χ3n) is 5.48. The summed E-state index contributed by atoms with van der Waals surface area (Å²) in [5, 5.41) is 2.32. The average molecular weight is 407 g/mol. The lowest BCUT2D eigenvalue weighted by Gasteiger charge is -2.18. The highest BCUT2D eigenvalue weighted by molar-refractivity contribution is 6.03. The predicted molar refractivity (Wildman–Crippen MR) is 108 cm³/mol. The Kier molecular flexibility index (Phi) is 7.44. The summed E-state index contributed by atoms with van der Waals surface area (Å²) in [6.07, 6.45) is 5.08. The second-order valence-corrected chi connectivity index (χ2v) is 7.96. The normalized spacial score (nSPS) is 20.1. The molecule has 7 nitrogen and oxygen atoms in total. The third-order valence-corrected chi connectivity index (χ3v) is 5.48. The number of urea groups is 1. The molecule has 1 aromatic carbocycles. The Hall–Kier alpha value is -2.19. The molecule has 1 saturated heterocycles. The monoisotopic (exact) mass is 406 g/mol. The molecule has 2 fully saturated rings. The maximum absolute atomic E-state index is 13.9.